The van der Waals surface area contributed by atoms with Crippen molar-refractivity contribution in [2.24, 2.45) is 0 Å². The smallest absolute Gasteiger partial charge is 0.239 e. The standard InChI is InChI=1S/C18H32N4O/c1-6-22(7-2)16-9-10-17(15(3)13-16)20-14-18(23)19-11-8-12-21(4)5/h9-10,13,20H,6-8,11-12,14H2,1-5H3,(H,19,23). The lowest BCUT2D eigenvalue weighted by atomic mass is 10.1. The van der Waals surface area contributed by atoms with Crippen molar-refractivity contribution in [1.29, 1.82) is 0 Å². The first kappa shape index (κ1) is 19.3. The van der Waals surface area contributed by atoms with Crippen LogP contribution in [0.15, 0.2) is 18.2 Å². The summed E-state index contributed by atoms with van der Waals surface area (Å²) >= 11 is 0. The van der Waals surface area contributed by atoms with Crippen LogP contribution in [0.25, 0.3) is 0 Å². The zero-order valence-corrected chi connectivity index (χ0v) is 15.3. The van der Waals surface area contributed by atoms with Gasteiger partial charge in [0.2, 0.25) is 5.91 Å². The van der Waals surface area contributed by atoms with E-state index in [1.165, 1.54) is 5.69 Å². The maximum Gasteiger partial charge on any atom is 0.239 e. The lowest BCUT2D eigenvalue weighted by Crippen LogP contribution is -2.32. The lowest BCUT2D eigenvalue weighted by molar-refractivity contribution is -0.119. The third-order valence-corrected chi connectivity index (χ3v) is 3.88. The topological polar surface area (TPSA) is 47.6 Å². The van der Waals surface area contributed by atoms with E-state index in [0.29, 0.717) is 6.54 Å². The number of aryl methyl sites for hydroxylation is 1. The Morgan fingerprint density at radius 1 is 1.17 bits per heavy atom. The van der Waals surface area contributed by atoms with Gasteiger partial charge in [0.05, 0.1) is 6.54 Å². The highest BCUT2D eigenvalue weighted by Gasteiger charge is 2.06. The number of anilines is 2. The van der Waals surface area contributed by atoms with E-state index in [-0.39, 0.29) is 5.91 Å². The molecule has 0 aromatic heterocycles. The van der Waals surface area contributed by atoms with E-state index in [2.05, 4.69) is 59.4 Å². The Kier molecular flexibility index (Phi) is 8.48. The Labute approximate surface area is 141 Å². The van der Waals surface area contributed by atoms with Crippen LogP contribution in [0.3, 0.4) is 0 Å². The second kappa shape index (κ2) is 10.1. The van der Waals surface area contributed by atoms with Crippen molar-refractivity contribution < 1.29 is 4.79 Å². The van der Waals surface area contributed by atoms with Crippen LogP contribution in [0.1, 0.15) is 25.8 Å². The van der Waals surface area contributed by atoms with Crippen molar-refractivity contribution in [3.05, 3.63) is 23.8 Å². The predicted octanol–water partition coefficient (Wildman–Crippen LogP) is 2.32. The van der Waals surface area contributed by atoms with E-state index < -0.39 is 0 Å². The Balaban J connectivity index is 2.44. The van der Waals surface area contributed by atoms with Crippen LogP contribution in [-0.2, 0) is 4.79 Å². The molecule has 0 saturated heterocycles. The first-order valence-electron chi connectivity index (χ1n) is 8.48. The maximum atomic E-state index is 11.8. The van der Waals surface area contributed by atoms with Gasteiger partial charge in [-0.2, -0.15) is 0 Å². The van der Waals surface area contributed by atoms with Crippen LogP contribution in [-0.4, -0.2) is 57.6 Å². The molecule has 5 heteroatoms. The van der Waals surface area contributed by atoms with Gasteiger partial charge in [-0.05, 0) is 71.6 Å². The number of carbonyl (C=O) groups is 1. The summed E-state index contributed by atoms with van der Waals surface area (Å²) in [5.41, 5.74) is 3.41. The van der Waals surface area contributed by atoms with E-state index in [9.17, 15) is 4.79 Å². The molecule has 1 rings (SSSR count). The highest BCUT2D eigenvalue weighted by molar-refractivity contribution is 5.81. The van der Waals surface area contributed by atoms with Crippen molar-refractivity contribution in [1.82, 2.24) is 10.2 Å². The molecule has 2 N–H and O–H groups in total. The van der Waals surface area contributed by atoms with Gasteiger partial charge < -0.3 is 20.4 Å². The summed E-state index contributed by atoms with van der Waals surface area (Å²) in [7, 11) is 4.07. The van der Waals surface area contributed by atoms with Crippen molar-refractivity contribution in [3.8, 4) is 0 Å². The minimum Gasteiger partial charge on any atom is -0.376 e. The summed E-state index contributed by atoms with van der Waals surface area (Å²) in [4.78, 5) is 16.3. The average molecular weight is 320 g/mol. The lowest BCUT2D eigenvalue weighted by Gasteiger charge is -2.22. The number of nitrogens with zero attached hydrogens (tertiary/aromatic N) is 2. The van der Waals surface area contributed by atoms with Gasteiger partial charge in [-0.3, -0.25) is 4.79 Å². The molecule has 0 aliphatic rings. The first-order valence-corrected chi connectivity index (χ1v) is 8.48. The molecule has 0 atom stereocenters. The Morgan fingerprint density at radius 3 is 2.43 bits per heavy atom. The monoisotopic (exact) mass is 320 g/mol. The van der Waals surface area contributed by atoms with Crippen LogP contribution in [0.5, 0.6) is 0 Å². The van der Waals surface area contributed by atoms with Gasteiger partial charge in [0.15, 0.2) is 0 Å². The van der Waals surface area contributed by atoms with Crippen molar-refractivity contribution >= 4 is 17.3 Å². The van der Waals surface area contributed by atoms with Gasteiger partial charge in [-0.25, -0.2) is 0 Å². The molecule has 0 heterocycles. The maximum absolute atomic E-state index is 11.8. The summed E-state index contributed by atoms with van der Waals surface area (Å²) in [6.45, 7) is 10.4. The highest BCUT2D eigenvalue weighted by Crippen LogP contribution is 2.22. The van der Waals surface area contributed by atoms with Gasteiger partial charge in [0, 0.05) is 31.0 Å². The fourth-order valence-electron chi connectivity index (χ4n) is 2.49. The zero-order valence-electron chi connectivity index (χ0n) is 15.3. The number of amides is 1. The Hall–Kier alpha value is -1.75. The third-order valence-electron chi connectivity index (χ3n) is 3.88. The number of carbonyl (C=O) groups excluding carboxylic acids is 1. The zero-order chi connectivity index (χ0) is 17.2. The summed E-state index contributed by atoms with van der Waals surface area (Å²) in [5.74, 6) is 0.0379. The fourth-order valence-corrected chi connectivity index (χ4v) is 2.49. The molecule has 5 nitrogen and oxygen atoms in total. The summed E-state index contributed by atoms with van der Waals surface area (Å²) < 4.78 is 0. The van der Waals surface area contributed by atoms with E-state index in [0.717, 1.165) is 43.9 Å². The Morgan fingerprint density at radius 2 is 1.87 bits per heavy atom. The predicted molar refractivity (Wildman–Crippen MR) is 99.4 cm³/mol. The van der Waals surface area contributed by atoms with Crippen molar-refractivity contribution in [2.45, 2.75) is 27.2 Å². The van der Waals surface area contributed by atoms with Crippen LogP contribution >= 0.6 is 0 Å². The molecule has 0 aliphatic carbocycles. The van der Waals surface area contributed by atoms with Crippen molar-refractivity contribution in [2.75, 3.05) is 57.0 Å². The first-order chi connectivity index (χ1) is 11.0. The van der Waals surface area contributed by atoms with Gasteiger partial charge in [0.1, 0.15) is 0 Å². The molecule has 0 spiro atoms. The third kappa shape index (κ3) is 6.91. The molecule has 0 saturated carbocycles. The van der Waals surface area contributed by atoms with Crippen molar-refractivity contribution in [3.63, 3.8) is 0 Å². The second-order valence-electron chi connectivity index (χ2n) is 6.03. The SMILES string of the molecule is CCN(CC)c1ccc(NCC(=O)NCCCN(C)C)c(C)c1. The molecular weight excluding hydrogens is 288 g/mol. The highest BCUT2D eigenvalue weighted by atomic mass is 16.1. The van der Waals surface area contributed by atoms with E-state index in [4.69, 9.17) is 0 Å². The summed E-state index contributed by atoms with van der Waals surface area (Å²) in [5, 5.41) is 6.16. The minimum atomic E-state index is 0.0379. The van der Waals surface area contributed by atoms with Gasteiger partial charge in [-0.1, -0.05) is 0 Å². The normalized spacial score (nSPS) is 10.7. The molecule has 1 aromatic rings. The molecule has 0 aliphatic heterocycles. The average Bonchev–Trinajstić information content (AvgIpc) is 2.51. The minimum absolute atomic E-state index is 0.0379. The number of hydrogen-bond acceptors (Lipinski definition) is 4. The van der Waals surface area contributed by atoms with Gasteiger partial charge >= 0.3 is 0 Å². The van der Waals surface area contributed by atoms with Crippen LogP contribution in [0, 0.1) is 6.92 Å². The molecule has 0 fully saturated rings. The quantitative estimate of drug-likeness (QED) is 0.650. The number of benzene rings is 1. The summed E-state index contributed by atoms with van der Waals surface area (Å²) in [6.07, 6.45) is 0.969. The largest absolute Gasteiger partial charge is 0.376 e. The molecule has 1 aromatic carbocycles. The molecule has 0 unspecified atom stereocenters. The van der Waals surface area contributed by atoms with Crippen LogP contribution in [0.2, 0.25) is 0 Å². The molecule has 130 valence electrons. The molecule has 23 heavy (non-hydrogen) atoms. The van der Waals surface area contributed by atoms with Gasteiger partial charge in [-0.15, -0.1) is 0 Å². The van der Waals surface area contributed by atoms with Crippen LogP contribution in [0.4, 0.5) is 11.4 Å². The fraction of sp³-hybridized carbons (Fsp3) is 0.611. The second-order valence-corrected chi connectivity index (χ2v) is 6.03. The molecule has 0 bridgehead atoms. The summed E-state index contributed by atoms with van der Waals surface area (Å²) in [6, 6.07) is 6.34. The van der Waals surface area contributed by atoms with E-state index in [1.807, 2.05) is 14.1 Å². The molecule has 1 amide bonds. The van der Waals surface area contributed by atoms with Gasteiger partial charge in [0.25, 0.3) is 0 Å². The number of hydrogen-bond donors (Lipinski definition) is 2. The van der Waals surface area contributed by atoms with Crippen LogP contribution < -0.4 is 15.5 Å². The number of rotatable bonds is 10. The van der Waals surface area contributed by atoms with E-state index >= 15 is 0 Å². The molecular formula is C18H32N4O. The number of nitrogens with one attached hydrogen (secondary N) is 2. The Bertz CT molecular complexity index is 484. The van der Waals surface area contributed by atoms with E-state index in [1.54, 1.807) is 0 Å². The molecule has 0 radical (unpaired) electrons.